The first-order chi connectivity index (χ1) is 15.3. The van der Waals surface area contributed by atoms with E-state index in [0.717, 1.165) is 5.56 Å². The molecule has 1 aromatic carbocycles. The largest absolute Gasteiger partial charge is 0.616 e. The molecule has 0 aromatic heterocycles. The van der Waals surface area contributed by atoms with Crippen molar-refractivity contribution in [3.8, 4) is 5.75 Å². The van der Waals surface area contributed by atoms with Gasteiger partial charge in [0.25, 0.3) is 5.91 Å². The molecule has 186 valence electrons. The lowest BCUT2D eigenvalue weighted by molar-refractivity contribution is -0.163. The molecule has 0 aliphatic carbocycles. The Kier molecular flexibility index (Phi) is 11.1. The van der Waals surface area contributed by atoms with Crippen molar-refractivity contribution in [2.45, 2.75) is 63.2 Å². The second-order valence-electron chi connectivity index (χ2n) is 8.58. The molecule has 3 atom stereocenters. The maximum atomic E-state index is 13.2. The Labute approximate surface area is 197 Å². The van der Waals surface area contributed by atoms with Crippen LogP contribution in [-0.4, -0.2) is 68.8 Å². The van der Waals surface area contributed by atoms with Crippen LogP contribution >= 0.6 is 0 Å². The Morgan fingerprint density at radius 1 is 1.18 bits per heavy atom. The summed E-state index contributed by atoms with van der Waals surface area (Å²) in [6, 6.07) is 4.28. The highest BCUT2D eigenvalue weighted by Crippen LogP contribution is 2.26. The standard InChI is InChI=1S/C22H35N3O7S/c1-14(2)7-12-17(26)20(28)25(30)21(29)24-18(19(27)23-5)22(3,4)33(31)13-15-8-10-16(32-6)11-9-15/h8-11,14,17-18,26,30H,7,12-13H2,1-6H3,(H,23,27)(H,24,29)/t17-,18-,33?/m0/s1. The quantitative estimate of drug-likeness (QED) is 0.211. The highest BCUT2D eigenvalue weighted by Gasteiger charge is 2.46. The number of carbonyl (C=O) groups excluding carboxylic acids is 3. The van der Waals surface area contributed by atoms with Crippen molar-refractivity contribution < 1.29 is 34.0 Å². The number of rotatable bonds is 11. The topological polar surface area (TPSA) is 151 Å². The van der Waals surface area contributed by atoms with Crippen LogP contribution in [0.2, 0.25) is 0 Å². The molecule has 33 heavy (non-hydrogen) atoms. The number of hydroxylamine groups is 2. The lowest BCUT2D eigenvalue weighted by Gasteiger charge is -2.35. The van der Waals surface area contributed by atoms with E-state index in [1.54, 1.807) is 24.3 Å². The number of hydrogen-bond donors (Lipinski definition) is 4. The number of amides is 4. The van der Waals surface area contributed by atoms with E-state index in [1.807, 2.05) is 13.8 Å². The Hall–Kier alpha value is -2.34. The minimum absolute atomic E-state index is 0.0666. The summed E-state index contributed by atoms with van der Waals surface area (Å²) in [6.45, 7) is 6.88. The lowest BCUT2D eigenvalue weighted by atomic mass is 10.0. The van der Waals surface area contributed by atoms with E-state index in [2.05, 4.69) is 10.6 Å². The average molecular weight is 486 g/mol. The molecule has 1 rings (SSSR count). The molecule has 1 aromatic rings. The van der Waals surface area contributed by atoms with Gasteiger partial charge in [0, 0.05) is 12.6 Å². The zero-order valence-corrected chi connectivity index (χ0v) is 20.8. The number of ether oxygens (including phenoxy) is 1. The molecule has 10 nitrogen and oxygen atoms in total. The molecule has 0 spiro atoms. The lowest BCUT2D eigenvalue weighted by Crippen LogP contribution is -2.62. The number of likely N-dealkylation sites (N-methyl/N-ethyl adjacent to an activating group) is 1. The second-order valence-corrected chi connectivity index (χ2v) is 10.6. The minimum Gasteiger partial charge on any atom is -0.616 e. The Bertz CT molecular complexity index is 802. The van der Waals surface area contributed by atoms with Gasteiger partial charge in [-0.1, -0.05) is 26.0 Å². The fourth-order valence-corrected chi connectivity index (χ4v) is 4.23. The summed E-state index contributed by atoms with van der Waals surface area (Å²) < 4.78 is 17.0. The number of benzene rings is 1. The third-order valence-corrected chi connectivity index (χ3v) is 7.22. The van der Waals surface area contributed by atoms with Gasteiger partial charge < -0.3 is 25.0 Å². The van der Waals surface area contributed by atoms with Crippen LogP contribution in [0.25, 0.3) is 0 Å². The maximum Gasteiger partial charge on any atom is 0.349 e. The van der Waals surface area contributed by atoms with Crippen molar-refractivity contribution in [2.75, 3.05) is 14.2 Å². The van der Waals surface area contributed by atoms with E-state index in [9.17, 15) is 29.3 Å². The molecule has 0 radical (unpaired) electrons. The number of nitrogens with zero attached hydrogens (tertiary/aromatic N) is 1. The van der Waals surface area contributed by atoms with E-state index < -0.39 is 45.9 Å². The number of carbonyl (C=O) groups is 3. The molecule has 4 N–H and O–H groups in total. The number of methoxy groups -OCH3 is 1. The van der Waals surface area contributed by atoms with E-state index in [-0.39, 0.29) is 23.2 Å². The number of hydrogen-bond acceptors (Lipinski definition) is 7. The predicted molar refractivity (Wildman–Crippen MR) is 124 cm³/mol. The Balaban J connectivity index is 2.96. The van der Waals surface area contributed by atoms with Gasteiger partial charge in [0.1, 0.15) is 22.4 Å². The number of urea groups is 1. The van der Waals surface area contributed by atoms with Crippen LogP contribution in [0.15, 0.2) is 24.3 Å². The molecule has 0 saturated carbocycles. The van der Waals surface area contributed by atoms with Crippen LogP contribution < -0.4 is 15.4 Å². The van der Waals surface area contributed by atoms with Crippen molar-refractivity contribution in [3.05, 3.63) is 29.8 Å². The molecule has 0 fully saturated rings. The van der Waals surface area contributed by atoms with Crippen molar-refractivity contribution >= 4 is 29.0 Å². The van der Waals surface area contributed by atoms with Crippen molar-refractivity contribution in [1.29, 1.82) is 0 Å². The smallest absolute Gasteiger partial charge is 0.349 e. The van der Waals surface area contributed by atoms with E-state index >= 15 is 0 Å². The molecule has 1 unspecified atom stereocenters. The zero-order chi connectivity index (χ0) is 25.3. The second kappa shape index (κ2) is 12.8. The molecule has 0 saturated heterocycles. The fraction of sp³-hybridized carbons (Fsp3) is 0.591. The SMILES string of the molecule is CNC(=O)[C@H](NC(=O)N(O)C(=O)[C@@H](O)CCC(C)C)C(C)(C)[S+]([O-])Cc1ccc(OC)cc1. The molecular weight excluding hydrogens is 450 g/mol. The summed E-state index contributed by atoms with van der Waals surface area (Å²) in [5.41, 5.74) is 0.733. The van der Waals surface area contributed by atoms with Crippen LogP contribution in [0, 0.1) is 5.92 Å². The zero-order valence-electron chi connectivity index (χ0n) is 20.0. The summed E-state index contributed by atoms with van der Waals surface area (Å²) in [6.07, 6.45) is -0.989. The Morgan fingerprint density at radius 2 is 1.76 bits per heavy atom. The van der Waals surface area contributed by atoms with Gasteiger partial charge in [0.2, 0.25) is 5.91 Å². The van der Waals surface area contributed by atoms with Gasteiger partial charge in [-0.15, -0.1) is 5.06 Å². The minimum atomic E-state index is -1.65. The van der Waals surface area contributed by atoms with Crippen molar-refractivity contribution in [3.63, 3.8) is 0 Å². The normalized spacial score (nSPS) is 14.2. The first kappa shape index (κ1) is 28.7. The predicted octanol–water partition coefficient (Wildman–Crippen LogP) is 1.56. The van der Waals surface area contributed by atoms with Crippen LogP contribution in [0.4, 0.5) is 4.79 Å². The summed E-state index contributed by atoms with van der Waals surface area (Å²) >= 11 is -1.65. The number of aliphatic hydroxyl groups excluding tert-OH is 1. The Morgan fingerprint density at radius 3 is 2.24 bits per heavy atom. The highest BCUT2D eigenvalue weighted by molar-refractivity contribution is 7.92. The van der Waals surface area contributed by atoms with Crippen LogP contribution in [0.5, 0.6) is 5.75 Å². The van der Waals surface area contributed by atoms with Gasteiger partial charge >= 0.3 is 6.03 Å². The average Bonchev–Trinajstić information content (AvgIpc) is 2.79. The third-order valence-electron chi connectivity index (χ3n) is 5.22. The molecule has 0 aliphatic rings. The number of nitrogens with one attached hydrogen (secondary N) is 2. The van der Waals surface area contributed by atoms with Gasteiger partial charge in [-0.2, -0.15) is 0 Å². The highest BCUT2D eigenvalue weighted by atomic mass is 32.2. The van der Waals surface area contributed by atoms with Gasteiger partial charge in [0.05, 0.1) is 7.11 Å². The molecule has 0 bridgehead atoms. The monoisotopic (exact) mass is 485 g/mol. The fourth-order valence-electron chi connectivity index (χ4n) is 2.93. The maximum absolute atomic E-state index is 13.2. The van der Waals surface area contributed by atoms with Gasteiger partial charge in [0.15, 0.2) is 6.04 Å². The van der Waals surface area contributed by atoms with Gasteiger partial charge in [-0.3, -0.25) is 14.8 Å². The van der Waals surface area contributed by atoms with Crippen LogP contribution in [-0.2, 0) is 26.5 Å². The van der Waals surface area contributed by atoms with E-state index in [0.29, 0.717) is 12.2 Å². The summed E-state index contributed by atoms with van der Waals surface area (Å²) in [7, 11) is 2.88. The number of aliphatic hydroxyl groups is 1. The number of imide groups is 1. The molecule has 4 amide bonds. The van der Waals surface area contributed by atoms with Crippen molar-refractivity contribution in [1.82, 2.24) is 15.7 Å². The molecular formula is C22H35N3O7S. The van der Waals surface area contributed by atoms with Crippen molar-refractivity contribution in [2.24, 2.45) is 5.92 Å². The van der Waals surface area contributed by atoms with E-state index in [4.69, 9.17) is 4.74 Å². The van der Waals surface area contributed by atoms with Crippen LogP contribution in [0.3, 0.4) is 0 Å². The first-order valence-corrected chi connectivity index (χ1v) is 11.9. The van der Waals surface area contributed by atoms with Gasteiger partial charge in [-0.05, 0) is 55.9 Å². The summed E-state index contributed by atoms with van der Waals surface area (Å²) in [5, 5.41) is 24.4. The first-order valence-electron chi connectivity index (χ1n) is 10.6. The summed E-state index contributed by atoms with van der Waals surface area (Å²) in [4.78, 5) is 37.2. The molecule has 0 heterocycles. The van der Waals surface area contributed by atoms with Crippen LogP contribution in [0.1, 0.15) is 46.1 Å². The molecule has 11 heteroatoms. The summed E-state index contributed by atoms with van der Waals surface area (Å²) in [5.74, 6) is -0.913. The molecule has 0 aliphatic heterocycles. The van der Waals surface area contributed by atoms with Gasteiger partial charge in [-0.25, -0.2) is 4.79 Å². The third kappa shape index (κ3) is 8.18. The van der Waals surface area contributed by atoms with E-state index in [1.165, 1.54) is 28.0 Å².